The summed E-state index contributed by atoms with van der Waals surface area (Å²) in [6, 6.07) is 1.98. The summed E-state index contributed by atoms with van der Waals surface area (Å²) in [5, 5.41) is 5.59. The molecule has 0 aliphatic heterocycles. The van der Waals surface area contributed by atoms with E-state index in [4.69, 9.17) is 5.73 Å². The van der Waals surface area contributed by atoms with Gasteiger partial charge >= 0.3 is 0 Å². The van der Waals surface area contributed by atoms with Crippen LogP contribution in [-0.4, -0.2) is 17.5 Å². The lowest BCUT2D eigenvalue weighted by molar-refractivity contribution is 0.346. The minimum Gasteiger partial charge on any atom is -0.398 e. The van der Waals surface area contributed by atoms with Crippen molar-refractivity contribution < 1.29 is 0 Å². The number of nitrogens with one attached hydrogen (secondary N) is 1. The number of hydrogen-bond donors (Lipinski definition) is 2. The Bertz CT molecular complexity index is 313. The van der Waals surface area contributed by atoms with E-state index < -0.39 is 0 Å². The van der Waals surface area contributed by atoms with Crippen LogP contribution in [0, 0.1) is 0 Å². The molecule has 0 saturated heterocycles. The quantitative estimate of drug-likeness (QED) is 0.834. The first-order valence-electron chi connectivity index (χ1n) is 5.33. The van der Waals surface area contributed by atoms with Crippen molar-refractivity contribution in [2.45, 2.75) is 30.6 Å². The van der Waals surface area contributed by atoms with E-state index in [1.54, 1.807) is 11.3 Å². The first-order valence-corrected chi connectivity index (χ1v) is 7.44. The SMILES string of the molecule is CSC1(CNCc2sccc2N)CCC1. The zero-order valence-corrected chi connectivity index (χ0v) is 10.7. The number of nitrogens with two attached hydrogens (primary N) is 1. The highest BCUT2D eigenvalue weighted by Gasteiger charge is 2.35. The van der Waals surface area contributed by atoms with Crippen LogP contribution in [0.2, 0.25) is 0 Å². The van der Waals surface area contributed by atoms with Gasteiger partial charge in [-0.3, -0.25) is 0 Å². The Hall–Kier alpha value is -0.190. The number of nitrogen functional groups attached to an aromatic ring is 1. The zero-order chi connectivity index (χ0) is 10.7. The van der Waals surface area contributed by atoms with E-state index in [1.807, 2.05) is 17.8 Å². The Morgan fingerprint density at radius 3 is 2.87 bits per heavy atom. The van der Waals surface area contributed by atoms with Crippen molar-refractivity contribution in [3.8, 4) is 0 Å². The molecule has 84 valence electrons. The Morgan fingerprint density at radius 2 is 2.40 bits per heavy atom. The Kier molecular flexibility index (Phi) is 3.59. The topological polar surface area (TPSA) is 38.0 Å². The average Bonchev–Trinajstić information content (AvgIpc) is 2.57. The molecule has 15 heavy (non-hydrogen) atoms. The number of thiophene rings is 1. The summed E-state index contributed by atoms with van der Waals surface area (Å²) in [6.45, 7) is 2.04. The van der Waals surface area contributed by atoms with Crippen LogP contribution < -0.4 is 11.1 Å². The fraction of sp³-hybridized carbons (Fsp3) is 0.636. The predicted molar refractivity (Wildman–Crippen MR) is 70.5 cm³/mol. The van der Waals surface area contributed by atoms with E-state index in [9.17, 15) is 0 Å². The number of hydrogen-bond acceptors (Lipinski definition) is 4. The normalized spacial score (nSPS) is 18.7. The fourth-order valence-electron chi connectivity index (χ4n) is 1.92. The molecule has 0 unspecified atom stereocenters. The van der Waals surface area contributed by atoms with Gasteiger partial charge in [0.2, 0.25) is 0 Å². The van der Waals surface area contributed by atoms with Crippen LogP contribution in [0.1, 0.15) is 24.1 Å². The molecular formula is C11H18N2S2. The van der Waals surface area contributed by atoms with Crippen molar-refractivity contribution in [1.29, 1.82) is 0 Å². The highest BCUT2D eigenvalue weighted by Crippen LogP contribution is 2.42. The second-order valence-corrected chi connectivity index (χ2v) is 6.42. The number of thioether (sulfide) groups is 1. The minimum absolute atomic E-state index is 0.520. The van der Waals surface area contributed by atoms with E-state index in [2.05, 4.69) is 17.0 Å². The summed E-state index contributed by atoms with van der Waals surface area (Å²) in [7, 11) is 0. The second-order valence-electron chi connectivity index (χ2n) is 4.14. The maximum Gasteiger partial charge on any atom is 0.0468 e. The summed E-state index contributed by atoms with van der Waals surface area (Å²) in [5.74, 6) is 0. The van der Waals surface area contributed by atoms with E-state index >= 15 is 0 Å². The molecule has 0 atom stereocenters. The van der Waals surface area contributed by atoms with Crippen molar-refractivity contribution in [2.75, 3.05) is 18.5 Å². The standard InChI is InChI=1S/C11H18N2S2/c1-14-11(4-2-5-11)8-13-7-10-9(12)3-6-15-10/h3,6,13H,2,4-5,7-8,12H2,1H3. The largest absolute Gasteiger partial charge is 0.398 e. The van der Waals surface area contributed by atoms with Gasteiger partial charge < -0.3 is 11.1 Å². The van der Waals surface area contributed by atoms with Gasteiger partial charge in [0.05, 0.1) is 0 Å². The Labute approximate surface area is 99.6 Å². The van der Waals surface area contributed by atoms with Crippen molar-refractivity contribution in [1.82, 2.24) is 5.32 Å². The molecule has 0 aromatic carbocycles. The van der Waals surface area contributed by atoms with Gasteiger partial charge in [-0.15, -0.1) is 11.3 Å². The van der Waals surface area contributed by atoms with Crippen LogP contribution in [-0.2, 0) is 6.54 Å². The van der Waals surface area contributed by atoms with E-state index in [0.717, 1.165) is 18.8 Å². The van der Waals surface area contributed by atoms with Gasteiger partial charge in [-0.05, 0) is 30.5 Å². The van der Waals surface area contributed by atoms with Crippen LogP contribution in [0.25, 0.3) is 0 Å². The summed E-state index contributed by atoms with van der Waals surface area (Å²) in [4.78, 5) is 1.27. The maximum absolute atomic E-state index is 5.83. The lowest BCUT2D eigenvalue weighted by Gasteiger charge is -2.40. The molecule has 2 nitrogen and oxygen atoms in total. The molecule has 0 amide bonds. The minimum atomic E-state index is 0.520. The van der Waals surface area contributed by atoms with Crippen molar-refractivity contribution in [3.63, 3.8) is 0 Å². The van der Waals surface area contributed by atoms with Gasteiger partial charge in [-0.1, -0.05) is 6.42 Å². The molecule has 2 rings (SSSR count). The molecule has 0 spiro atoms. The van der Waals surface area contributed by atoms with E-state index in [-0.39, 0.29) is 0 Å². The van der Waals surface area contributed by atoms with Gasteiger partial charge in [0.15, 0.2) is 0 Å². The average molecular weight is 242 g/mol. The lowest BCUT2D eigenvalue weighted by atomic mass is 9.84. The van der Waals surface area contributed by atoms with Gasteiger partial charge in [-0.2, -0.15) is 11.8 Å². The molecule has 0 bridgehead atoms. The van der Waals surface area contributed by atoms with E-state index in [1.165, 1.54) is 24.1 Å². The van der Waals surface area contributed by atoms with Gasteiger partial charge in [0.25, 0.3) is 0 Å². The monoisotopic (exact) mass is 242 g/mol. The third kappa shape index (κ3) is 2.49. The highest BCUT2D eigenvalue weighted by atomic mass is 32.2. The molecule has 3 N–H and O–H groups in total. The Balaban J connectivity index is 1.77. The van der Waals surface area contributed by atoms with Gasteiger partial charge in [-0.25, -0.2) is 0 Å². The predicted octanol–water partition coefficient (Wildman–Crippen LogP) is 2.71. The highest BCUT2D eigenvalue weighted by molar-refractivity contribution is 8.00. The van der Waals surface area contributed by atoms with Crippen LogP contribution in [0.3, 0.4) is 0 Å². The molecule has 1 aliphatic rings. The molecule has 1 aliphatic carbocycles. The molecule has 1 fully saturated rings. The first kappa shape index (κ1) is 11.3. The van der Waals surface area contributed by atoms with Crippen molar-refractivity contribution >= 4 is 28.8 Å². The molecule has 1 aromatic heterocycles. The number of anilines is 1. The Morgan fingerprint density at radius 1 is 1.60 bits per heavy atom. The van der Waals surface area contributed by atoms with Gasteiger partial charge in [0, 0.05) is 28.4 Å². The molecular weight excluding hydrogens is 224 g/mol. The lowest BCUT2D eigenvalue weighted by Crippen LogP contribution is -2.43. The summed E-state index contributed by atoms with van der Waals surface area (Å²) in [5.41, 5.74) is 6.76. The van der Waals surface area contributed by atoms with E-state index in [0.29, 0.717) is 4.75 Å². The maximum atomic E-state index is 5.83. The van der Waals surface area contributed by atoms with Crippen molar-refractivity contribution in [3.05, 3.63) is 16.3 Å². The van der Waals surface area contributed by atoms with Crippen LogP contribution in [0.15, 0.2) is 11.4 Å². The van der Waals surface area contributed by atoms with Crippen LogP contribution in [0.5, 0.6) is 0 Å². The summed E-state index contributed by atoms with van der Waals surface area (Å²) in [6.07, 6.45) is 6.34. The molecule has 4 heteroatoms. The molecule has 1 aromatic rings. The molecule has 1 heterocycles. The second kappa shape index (κ2) is 4.76. The summed E-state index contributed by atoms with van der Waals surface area (Å²) < 4.78 is 0.520. The smallest absolute Gasteiger partial charge is 0.0468 e. The zero-order valence-electron chi connectivity index (χ0n) is 9.08. The molecule has 0 radical (unpaired) electrons. The third-order valence-electron chi connectivity index (χ3n) is 3.21. The van der Waals surface area contributed by atoms with Crippen LogP contribution >= 0.6 is 23.1 Å². The third-order valence-corrected chi connectivity index (χ3v) is 5.57. The molecule has 1 saturated carbocycles. The fourth-order valence-corrected chi connectivity index (χ4v) is 3.63. The van der Waals surface area contributed by atoms with Gasteiger partial charge in [0.1, 0.15) is 0 Å². The first-order chi connectivity index (χ1) is 7.26. The number of rotatable bonds is 5. The van der Waals surface area contributed by atoms with Crippen molar-refractivity contribution in [2.24, 2.45) is 0 Å². The van der Waals surface area contributed by atoms with Crippen LogP contribution in [0.4, 0.5) is 5.69 Å². The summed E-state index contributed by atoms with van der Waals surface area (Å²) >= 11 is 3.75.